The van der Waals surface area contributed by atoms with Crippen LogP contribution >= 0.6 is 15.9 Å². The number of benzene rings is 3. The van der Waals surface area contributed by atoms with Gasteiger partial charge in [0.2, 0.25) is 0 Å². The molecule has 34 heavy (non-hydrogen) atoms. The van der Waals surface area contributed by atoms with E-state index in [1.54, 1.807) is 86.6 Å². The van der Waals surface area contributed by atoms with Gasteiger partial charge in [-0.1, -0.05) is 58.4 Å². The molecule has 0 radical (unpaired) electrons. The fraction of sp³-hybridized carbons (Fsp3) is 0.148. The van der Waals surface area contributed by atoms with Crippen molar-refractivity contribution in [2.24, 2.45) is 0 Å². The Labute approximate surface area is 205 Å². The Hall–Kier alpha value is -3.71. The number of hydrogen-bond acceptors (Lipinski definition) is 5. The first-order valence-corrected chi connectivity index (χ1v) is 11.5. The lowest BCUT2D eigenvalue weighted by Crippen LogP contribution is -2.29. The van der Waals surface area contributed by atoms with Crippen molar-refractivity contribution in [1.82, 2.24) is 0 Å². The molecule has 3 aromatic rings. The largest absolute Gasteiger partial charge is 0.507 e. The van der Waals surface area contributed by atoms with Gasteiger partial charge in [-0.05, 0) is 55.8 Å². The van der Waals surface area contributed by atoms with Crippen LogP contribution in [0.25, 0.3) is 5.76 Å². The number of halogens is 1. The monoisotopic (exact) mass is 519 g/mol. The summed E-state index contributed by atoms with van der Waals surface area (Å²) >= 11 is 3.36. The molecule has 1 atom stereocenters. The minimum Gasteiger partial charge on any atom is -0.507 e. The number of rotatable bonds is 5. The molecule has 6 nitrogen and oxygen atoms in total. The molecule has 1 aliphatic rings. The van der Waals surface area contributed by atoms with Crippen molar-refractivity contribution in [2.75, 3.05) is 4.90 Å². The minimum absolute atomic E-state index is 0.00168. The number of ether oxygens (including phenoxy) is 1. The van der Waals surface area contributed by atoms with Crippen LogP contribution in [0, 0.1) is 0 Å². The number of Topliss-reactive ketones (excluding diaryl/α,β-unsaturated/α-hetero) is 1. The maximum Gasteiger partial charge on any atom is 0.338 e. The van der Waals surface area contributed by atoms with Gasteiger partial charge < -0.3 is 9.84 Å². The molecular weight excluding hydrogens is 498 g/mol. The maximum absolute atomic E-state index is 13.2. The molecule has 1 N–H and O–H groups in total. The second-order valence-corrected chi connectivity index (χ2v) is 9.00. The highest BCUT2D eigenvalue weighted by molar-refractivity contribution is 9.10. The zero-order valence-electron chi connectivity index (χ0n) is 18.6. The molecule has 3 aromatic carbocycles. The molecular formula is C27H22BrNO5. The van der Waals surface area contributed by atoms with E-state index in [9.17, 15) is 19.5 Å². The summed E-state index contributed by atoms with van der Waals surface area (Å²) in [6.45, 7) is 3.52. The van der Waals surface area contributed by atoms with Crippen molar-refractivity contribution in [3.05, 3.63) is 106 Å². The summed E-state index contributed by atoms with van der Waals surface area (Å²) in [5, 5.41) is 11.1. The molecule has 1 fully saturated rings. The summed E-state index contributed by atoms with van der Waals surface area (Å²) in [5.41, 5.74) is 1.85. The predicted octanol–water partition coefficient (Wildman–Crippen LogP) is 5.64. The van der Waals surface area contributed by atoms with E-state index in [2.05, 4.69) is 15.9 Å². The third-order valence-corrected chi connectivity index (χ3v) is 5.93. The van der Waals surface area contributed by atoms with Gasteiger partial charge in [-0.15, -0.1) is 0 Å². The lowest BCUT2D eigenvalue weighted by molar-refractivity contribution is -0.132. The van der Waals surface area contributed by atoms with Crippen LogP contribution in [0.1, 0.15) is 41.4 Å². The number of carbonyl (C=O) groups excluding carboxylic acids is 3. The first kappa shape index (κ1) is 23.4. The van der Waals surface area contributed by atoms with Gasteiger partial charge in [0.25, 0.3) is 11.7 Å². The van der Waals surface area contributed by atoms with Gasteiger partial charge in [-0.2, -0.15) is 0 Å². The Morgan fingerprint density at radius 1 is 0.912 bits per heavy atom. The third kappa shape index (κ3) is 4.52. The Morgan fingerprint density at radius 2 is 1.50 bits per heavy atom. The number of carbonyl (C=O) groups is 3. The van der Waals surface area contributed by atoms with Crippen molar-refractivity contribution in [1.29, 1.82) is 0 Å². The number of nitrogens with zero attached hydrogens (tertiary/aromatic N) is 1. The fourth-order valence-corrected chi connectivity index (χ4v) is 4.12. The summed E-state index contributed by atoms with van der Waals surface area (Å²) in [6, 6.07) is 21.3. The predicted molar refractivity (Wildman–Crippen MR) is 132 cm³/mol. The van der Waals surface area contributed by atoms with E-state index in [-0.39, 0.29) is 17.4 Å². The van der Waals surface area contributed by atoms with Gasteiger partial charge in [0.05, 0.1) is 23.3 Å². The van der Waals surface area contributed by atoms with E-state index < -0.39 is 23.7 Å². The molecule has 1 aliphatic heterocycles. The van der Waals surface area contributed by atoms with Crippen LogP contribution in [0.2, 0.25) is 0 Å². The smallest absolute Gasteiger partial charge is 0.338 e. The molecule has 0 spiro atoms. The number of ketones is 1. The van der Waals surface area contributed by atoms with E-state index >= 15 is 0 Å². The van der Waals surface area contributed by atoms with Crippen LogP contribution in [0.5, 0.6) is 0 Å². The molecule has 1 heterocycles. The second-order valence-electron chi connectivity index (χ2n) is 8.09. The molecule has 1 amide bonds. The summed E-state index contributed by atoms with van der Waals surface area (Å²) < 4.78 is 6.04. The number of aliphatic hydroxyl groups excluding tert-OH is 1. The van der Waals surface area contributed by atoms with Crippen molar-refractivity contribution in [3.8, 4) is 0 Å². The second kappa shape index (κ2) is 9.65. The first-order chi connectivity index (χ1) is 16.3. The van der Waals surface area contributed by atoms with E-state index in [4.69, 9.17) is 4.74 Å². The number of hydrogen-bond donors (Lipinski definition) is 1. The van der Waals surface area contributed by atoms with Crippen LogP contribution < -0.4 is 4.90 Å². The zero-order valence-corrected chi connectivity index (χ0v) is 20.2. The number of esters is 1. The topological polar surface area (TPSA) is 83.9 Å². The van der Waals surface area contributed by atoms with Gasteiger partial charge in [0.1, 0.15) is 5.76 Å². The molecule has 0 aliphatic carbocycles. The normalized spacial score (nSPS) is 17.3. The highest BCUT2D eigenvalue weighted by Gasteiger charge is 2.46. The average Bonchev–Trinajstić information content (AvgIpc) is 3.10. The Morgan fingerprint density at radius 3 is 2.09 bits per heavy atom. The van der Waals surface area contributed by atoms with Crippen molar-refractivity contribution >= 4 is 45.0 Å². The van der Waals surface area contributed by atoms with Crippen molar-refractivity contribution in [3.63, 3.8) is 0 Å². The van der Waals surface area contributed by atoms with E-state index in [0.29, 0.717) is 22.4 Å². The van der Waals surface area contributed by atoms with Gasteiger partial charge in [0, 0.05) is 15.7 Å². The average molecular weight is 520 g/mol. The van der Waals surface area contributed by atoms with Crippen LogP contribution in [0.15, 0.2) is 88.9 Å². The van der Waals surface area contributed by atoms with Crippen LogP contribution in [0.4, 0.5) is 5.69 Å². The first-order valence-electron chi connectivity index (χ1n) is 10.7. The number of anilines is 1. The van der Waals surface area contributed by atoms with E-state index in [0.717, 1.165) is 4.47 Å². The van der Waals surface area contributed by atoms with E-state index in [1.165, 1.54) is 4.90 Å². The lowest BCUT2D eigenvalue weighted by Gasteiger charge is -2.25. The Kier molecular flexibility index (Phi) is 6.65. The van der Waals surface area contributed by atoms with Crippen LogP contribution in [0.3, 0.4) is 0 Å². The highest BCUT2D eigenvalue weighted by atomic mass is 79.9. The molecule has 172 valence electrons. The molecule has 0 bridgehead atoms. The minimum atomic E-state index is -0.835. The summed E-state index contributed by atoms with van der Waals surface area (Å²) in [7, 11) is 0. The van der Waals surface area contributed by atoms with Gasteiger partial charge in [-0.3, -0.25) is 14.5 Å². The Balaban J connectivity index is 1.82. The lowest BCUT2D eigenvalue weighted by atomic mass is 9.95. The molecule has 1 unspecified atom stereocenters. The third-order valence-electron chi connectivity index (χ3n) is 5.40. The highest BCUT2D eigenvalue weighted by Crippen LogP contribution is 2.42. The molecule has 0 aromatic heterocycles. The quantitative estimate of drug-likeness (QED) is 0.204. The SMILES string of the molecule is CC(C)OC(=O)c1ccc(N2C(=O)C(=O)/C(=C(/O)c3ccc(Br)cc3)C2c2ccccc2)cc1. The van der Waals surface area contributed by atoms with Gasteiger partial charge >= 0.3 is 5.97 Å². The fourth-order valence-electron chi connectivity index (χ4n) is 3.85. The molecule has 0 saturated carbocycles. The molecule has 1 saturated heterocycles. The van der Waals surface area contributed by atoms with Crippen molar-refractivity contribution in [2.45, 2.75) is 26.0 Å². The number of amides is 1. The summed E-state index contributed by atoms with van der Waals surface area (Å²) in [5.74, 6) is -2.26. The maximum atomic E-state index is 13.2. The van der Waals surface area contributed by atoms with Crippen LogP contribution in [-0.4, -0.2) is 28.9 Å². The van der Waals surface area contributed by atoms with E-state index in [1.807, 2.05) is 6.07 Å². The van der Waals surface area contributed by atoms with Gasteiger partial charge in [-0.25, -0.2) is 4.79 Å². The van der Waals surface area contributed by atoms with Crippen LogP contribution in [-0.2, 0) is 14.3 Å². The molecule has 4 rings (SSSR count). The zero-order chi connectivity index (χ0) is 24.4. The number of aliphatic hydroxyl groups is 1. The van der Waals surface area contributed by atoms with Gasteiger partial charge in [0.15, 0.2) is 0 Å². The standard InChI is InChI=1S/C27H22BrNO5/c1-16(2)34-27(33)19-10-14-21(15-11-19)29-23(17-6-4-3-5-7-17)22(25(31)26(29)32)24(30)18-8-12-20(28)13-9-18/h3-16,23,30H,1-2H3/b24-22+. The summed E-state index contributed by atoms with van der Waals surface area (Å²) in [6.07, 6.45) is -0.262. The Bertz CT molecular complexity index is 1260. The van der Waals surface area contributed by atoms with Crippen molar-refractivity contribution < 1.29 is 24.2 Å². The summed E-state index contributed by atoms with van der Waals surface area (Å²) in [4.78, 5) is 39.9. The molecule has 7 heteroatoms.